The maximum atomic E-state index is 12.1. The first-order valence-electron chi connectivity index (χ1n) is 9.04. The van der Waals surface area contributed by atoms with Crippen LogP contribution in [0.1, 0.15) is 31.6 Å². The Labute approximate surface area is 163 Å². The molecular formula is C16H23BN2O8P+. The molecule has 2 fully saturated rings. The number of rotatable bonds is 7. The lowest BCUT2D eigenvalue weighted by atomic mass is 9.96. The lowest BCUT2D eigenvalue weighted by Gasteiger charge is -2.15. The summed E-state index contributed by atoms with van der Waals surface area (Å²) in [6.07, 6.45) is 0.106. The number of hydrogen-bond donors (Lipinski definition) is 2. The van der Waals surface area contributed by atoms with Gasteiger partial charge in [-0.15, -0.1) is 9.05 Å². The average Bonchev–Trinajstić information content (AvgIpc) is 3.18. The first-order valence-corrected chi connectivity index (χ1v) is 10.1. The predicted octanol–water partition coefficient (Wildman–Crippen LogP) is 0.104. The topological polar surface area (TPSA) is 129 Å². The molecule has 2 saturated heterocycles. The number of nitrogens with zero attached hydrogens (tertiary/aromatic N) is 1. The molecule has 28 heavy (non-hydrogen) atoms. The van der Waals surface area contributed by atoms with Gasteiger partial charge in [0.2, 0.25) is 0 Å². The Morgan fingerprint density at radius 3 is 2.82 bits per heavy atom. The van der Waals surface area contributed by atoms with Crippen LogP contribution in [0.25, 0.3) is 0 Å². The molecule has 2 radical (unpaired) electrons. The molecule has 0 aliphatic carbocycles. The van der Waals surface area contributed by atoms with Crippen LogP contribution in [0, 0.1) is 12.8 Å². The van der Waals surface area contributed by atoms with Gasteiger partial charge in [0, 0.05) is 22.3 Å². The van der Waals surface area contributed by atoms with E-state index >= 15 is 0 Å². The Balaban J connectivity index is 1.54. The second kappa shape index (κ2) is 8.98. The van der Waals surface area contributed by atoms with Crippen LogP contribution in [0.3, 0.4) is 0 Å². The summed E-state index contributed by atoms with van der Waals surface area (Å²) in [5.74, 6) is 0.0287. The smallest absolute Gasteiger partial charge is 0.394 e. The highest BCUT2D eigenvalue weighted by atomic mass is 31.1. The first-order chi connectivity index (χ1) is 13.3. The number of aliphatic hydroxyl groups excluding tert-OH is 1. The summed E-state index contributed by atoms with van der Waals surface area (Å²) in [4.78, 5) is 25.8. The van der Waals surface area contributed by atoms with Crippen LogP contribution >= 0.6 is 8.25 Å². The highest BCUT2D eigenvalue weighted by Crippen LogP contribution is 2.37. The fourth-order valence-corrected chi connectivity index (χ4v) is 4.11. The molecule has 0 amide bonds. The van der Waals surface area contributed by atoms with Gasteiger partial charge in [-0.3, -0.25) is 14.3 Å². The number of ether oxygens (including phenoxy) is 2. The Morgan fingerprint density at radius 1 is 1.36 bits per heavy atom. The van der Waals surface area contributed by atoms with Gasteiger partial charge in [0.1, 0.15) is 32.9 Å². The van der Waals surface area contributed by atoms with E-state index in [9.17, 15) is 19.3 Å². The third-order valence-electron chi connectivity index (χ3n) is 4.97. The molecule has 2 aliphatic heterocycles. The number of aliphatic hydroxyl groups is 1. The summed E-state index contributed by atoms with van der Waals surface area (Å²) in [6.45, 7) is 3.25. The fraction of sp³-hybridized carbons (Fsp3) is 0.750. The highest BCUT2D eigenvalue weighted by molar-refractivity contribution is 7.33. The summed E-state index contributed by atoms with van der Waals surface area (Å²) in [6, 6.07) is -0.580. The van der Waals surface area contributed by atoms with Crippen molar-refractivity contribution in [2.24, 2.45) is 5.92 Å². The summed E-state index contributed by atoms with van der Waals surface area (Å²) >= 11 is 0. The maximum absolute atomic E-state index is 12.1. The second-order valence-corrected chi connectivity index (χ2v) is 8.03. The molecule has 0 bridgehead atoms. The van der Waals surface area contributed by atoms with E-state index in [0.717, 1.165) is 0 Å². The van der Waals surface area contributed by atoms with E-state index in [1.54, 1.807) is 6.92 Å². The van der Waals surface area contributed by atoms with E-state index in [1.807, 2.05) is 6.92 Å². The molecule has 2 N–H and O–H groups in total. The maximum Gasteiger partial charge on any atom is 0.697 e. The van der Waals surface area contributed by atoms with Crippen LogP contribution in [-0.2, 0) is 23.1 Å². The lowest BCUT2D eigenvalue weighted by molar-refractivity contribution is -0.0314. The Morgan fingerprint density at radius 2 is 2.11 bits per heavy atom. The Bertz CT molecular complexity index is 830. The van der Waals surface area contributed by atoms with Gasteiger partial charge in [0.05, 0.1) is 12.7 Å². The Hall–Kier alpha value is -1.36. The molecule has 0 spiro atoms. The van der Waals surface area contributed by atoms with Crippen LogP contribution < -0.4 is 11.2 Å². The van der Waals surface area contributed by atoms with Crippen molar-refractivity contribution in [3.63, 3.8) is 0 Å². The summed E-state index contributed by atoms with van der Waals surface area (Å²) in [7, 11) is 3.19. The molecule has 0 aromatic carbocycles. The van der Waals surface area contributed by atoms with Gasteiger partial charge >= 0.3 is 13.9 Å². The first kappa shape index (κ1) is 21.4. The van der Waals surface area contributed by atoms with Crippen molar-refractivity contribution >= 4 is 16.1 Å². The third-order valence-corrected chi connectivity index (χ3v) is 5.77. The molecule has 10 nitrogen and oxygen atoms in total. The van der Waals surface area contributed by atoms with Crippen LogP contribution in [0.4, 0.5) is 0 Å². The van der Waals surface area contributed by atoms with Crippen molar-refractivity contribution in [3.05, 3.63) is 32.6 Å². The third kappa shape index (κ3) is 4.79. The minimum absolute atomic E-state index is 0.00732. The molecular weight excluding hydrogens is 390 g/mol. The molecule has 3 heterocycles. The SMILES string of the molecule is [B][C@H]1C[C@@H](O[P+](=O)OC[C@H]2O[C@@H](n3cc(C)c(=O)[nH]c3=O)C[C@H]2C)[C@@H](CO)O1. The monoisotopic (exact) mass is 413 g/mol. The quantitative estimate of drug-likeness (QED) is 0.476. The normalized spacial score (nSPS) is 33.3. The van der Waals surface area contributed by atoms with Gasteiger partial charge in [-0.1, -0.05) is 6.92 Å². The van der Waals surface area contributed by atoms with Crippen LogP contribution in [-0.4, -0.2) is 60.0 Å². The largest absolute Gasteiger partial charge is 0.697 e. The molecule has 1 unspecified atom stereocenters. The standard InChI is InChI=1S/C16H22BN2O8P/c1-8-3-14(19-5-9(2)15(21)18-16(19)22)26-12(8)7-24-28(23)27-10-4-13(17)25-11(10)6-20/h5,8,10-14,20H,3-4,6-7H2,1-2H3/p+1/t8-,10-,11-,12-,13-,14-/m1/s1. The highest BCUT2D eigenvalue weighted by Gasteiger charge is 2.42. The van der Waals surface area contributed by atoms with Crippen molar-refractivity contribution in [1.82, 2.24) is 9.55 Å². The number of aromatic nitrogens is 2. The molecule has 2 aliphatic rings. The van der Waals surface area contributed by atoms with E-state index in [-0.39, 0.29) is 19.1 Å². The fourth-order valence-electron chi connectivity index (χ4n) is 3.34. The zero-order valence-corrected chi connectivity index (χ0v) is 16.5. The minimum atomic E-state index is -2.46. The van der Waals surface area contributed by atoms with E-state index in [2.05, 4.69) is 4.98 Å². The summed E-state index contributed by atoms with van der Waals surface area (Å²) in [5.41, 5.74) is -0.572. The average molecular weight is 413 g/mol. The Kier molecular flexibility index (Phi) is 6.85. The molecule has 3 rings (SSSR count). The van der Waals surface area contributed by atoms with Crippen LogP contribution in [0.15, 0.2) is 15.8 Å². The van der Waals surface area contributed by atoms with Crippen LogP contribution in [0.5, 0.6) is 0 Å². The van der Waals surface area contributed by atoms with E-state index in [0.29, 0.717) is 18.4 Å². The van der Waals surface area contributed by atoms with E-state index < -0.39 is 50.0 Å². The number of nitrogens with one attached hydrogen (secondary N) is 1. The number of aryl methyl sites for hydroxylation is 1. The lowest BCUT2D eigenvalue weighted by Crippen LogP contribution is -2.33. The zero-order chi connectivity index (χ0) is 20.4. The molecule has 0 saturated carbocycles. The molecule has 7 atom stereocenters. The van der Waals surface area contributed by atoms with Gasteiger partial charge in [-0.25, -0.2) is 4.79 Å². The van der Waals surface area contributed by atoms with E-state index in [1.165, 1.54) is 10.8 Å². The van der Waals surface area contributed by atoms with Gasteiger partial charge in [0.25, 0.3) is 5.56 Å². The summed E-state index contributed by atoms with van der Waals surface area (Å²) in [5, 5.41) is 9.23. The predicted molar refractivity (Wildman–Crippen MR) is 98.3 cm³/mol. The molecule has 12 heteroatoms. The number of aromatic amines is 1. The molecule has 1 aromatic heterocycles. The number of hydrogen-bond acceptors (Lipinski definition) is 8. The van der Waals surface area contributed by atoms with Gasteiger partial charge in [0.15, 0.2) is 0 Å². The van der Waals surface area contributed by atoms with Crippen molar-refractivity contribution in [2.75, 3.05) is 13.2 Å². The zero-order valence-electron chi connectivity index (χ0n) is 15.6. The minimum Gasteiger partial charge on any atom is -0.394 e. The molecule has 1 aromatic rings. The second-order valence-electron chi connectivity index (χ2n) is 7.12. The van der Waals surface area contributed by atoms with Crippen molar-refractivity contribution < 1.29 is 28.2 Å². The van der Waals surface area contributed by atoms with Crippen LogP contribution in [0.2, 0.25) is 0 Å². The molecule has 152 valence electrons. The van der Waals surface area contributed by atoms with Crippen molar-refractivity contribution in [1.29, 1.82) is 0 Å². The number of H-pyrrole nitrogens is 1. The summed E-state index contributed by atoms with van der Waals surface area (Å²) < 4.78 is 35.1. The van der Waals surface area contributed by atoms with Crippen molar-refractivity contribution in [3.8, 4) is 0 Å². The van der Waals surface area contributed by atoms with E-state index in [4.69, 9.17) is 26.4 Å². The van der Waals surface area contributed by atoms with Gasteiger partial charge < -0.3 is 14.6 Å². The van der Waals surface area contributed by atoms with Gasteiger partial charge in [-0.2, -0.15) is 0 Å². The van der Waals surface area contributed by atoms with Crippen molar-refractivity contribution in [2.45, 2.75) is 57.2 Å². The van der Waals surface area contributed by atoms with Gasteiger partial charge in [-0.05, 0) is 25.7 Å².